The zero-order valence-corrected chi connectivity index (χ0v) is 14.9. The zero-order chi connectivity index (χ0) is 17.6. The van der Waals surface area contributed by atoms with Crippen LogP contribution in [0.5, 0.6) is 0 Å². The molecule has 0 unspecified atom stereocenters. The molecular formula is C20H18N2O2S. The first-order valence-electron chi connectivity index (χ1n) is 7.98. The first kappa shape index (κ1) is 17.2. The number of rotatable bonds is 5. The number of hydrogen-bond donors (Lipinski definition) is 0. The molecule has 0 aliphatic carbocycles. The summed E-state index contributed by atoms with van der Waals surface area (Å²) < 4.78 is 5.30. The molecule has 1 heterocycles. The van der Waals surface area contributed by atoms with Gasteiger partial charge < -0.3 is 4.74 Å². The highest BCUT2D eigenvalue weighted by molar-refractivity contribution is 7.98. The molecular weight excluding hydrogens is 332 g/mol. The predicted octanol–water partition coefficient (Wildman–Crippen LogP) is 4.71. The first-order valence-corrected chi connectivity index (χ1v) is 9.21. The van der Waals surface area contributed by atoms with Crippen LogP contribution >= 0.6 is 11.8 Å². The highest BCUT2D eigenvalue weighted by Crippen LogP contribution is 2.32. The largest absolute Gasteiger partial charge is 0.462 e. The number of thioether (sulfide) groups is 1. The second-order valence-corrected chi connectivity index (χ2v) is 6.01. The molecule has 3 aromatic rings. The van der Waals surface area contributed by atoms with Gasteiger partial charge in [-0.05, 0) is 13.2 Å². The number of benzene rings is 2. The fourth-order valence-electron chi connectivity index (χ4n) is 2.54. The number of carbonyl (C=O) groups excluding carboxylic acids is 1. The Kier molecular flexibility index (Phi) is 5.46. The van der Waals surface area contributed by atoms with Crippen LogP contribution in [0.15, 0.2) is 65.8 Å². The lowest BCUT2D eigenvalue weighted by Crippen LogP contribution is -2.12. The minimum absolute atomic E-state index is 0.297. The average Bonchev–Trinajstić information content (AvgIpc) is 2.68. The number of carbonyl (C=O) groups is 1. The summed E-state index contributed by atoms with van der Waals surface area (Å²) in [5.41, 5.74) is 3.31. The summed E-state index contributed by atoms with van der Waals surface area (Å²) in [5.74, 6) is -0.409. The molecule has 4 nitrogen and oxygen atoms in total. The van der Waals surface area contributed by atoms with E-state index in [0.717, 1.165) is 11.1 Å². The second kappa shape index (κ2) is 7.94. The van der Waals surface area contributed by atoms with Crippen molar-refractivity contribution in [2.45, 2.75) is 12.1 Å². The van der Waals surface area contributed by atoms with Gasteiger partial charge in [0.2, 0.25) is 0 Å². The molecule has 0 bridgehead atoms. The van der Waals surface area contributed by atoms with Crippen LogP contribution in [0, 0.1) is 0 Å². The Morgan fingerprint density at radius 2 is 1.40 bits per heavy atom. The van der Waals surface area contributed by atoms with Gasteiger partial charge in [0.25, 0.3) is 0 Å². The van der Waals surface area contributed by atoms with E-state index in [1.165, 1.54) is 11.8 Å². The SMILES string of the molecule is CCOC(=O)c1c(-c2ccccc2)nc(SC)nc1-c1ccccc1. The molecule has 0 N–H and O–H groups in total. The lowest BCUT2D eigenvalue weighted by molar-refractivity contribution is 0.0527. The van der Waals surface area contributed by atoms with Crippen LogP contribution in [0.3, 0.4) is 0 Å². The van der Waals surface area contributed by atoms with Gasteiger partial charge in [0.05, 0.1) is 18.0 Å². The maximum Gasteiger partial charge on any atom is 0.342 e. The van der Waals surface area contributed by atoms with Gasteiger partial charge in [-0.3, -0.25) is 0 Å². The molecule has 0 aliphatic rings. The van der Waals surface area contributed by atoms with Gasteiger partial charge >= 0.3 is 5.97 Å². The fourth-order valence-corrected chi connectivity index (χ4v) is 2.90. The average molecular weight is 350 g/mol. The van der Waals surface area contributed by atoms with Crippen LogP contribution in [0.25, 0.3) is 22.5 Å². The summed E-state index contributed by atoms with van der Waals surface area (Å²) in [6.07, 6.45) is 1.92. The maximum atomic E-state index is 12.7. The van der Waals surface area contributed by atoms with E-state index in [2.05, 4.69) is 9.97 Å². The van der Waals surface area contributed by atoms with E-state index in [4.69, 9.17) is 4.74 Å². The Labute approximate surface area is 151 Å². The molecule has 3 rings (SSSR count). The minimum Gasteiger partial charge on any atom is -0.462 e. The van der Waals surface area contributed by atoms with Crippen molar-refractivity contribution in [2.75, 3.05) is 12.9 Å². The van der Waals surface area contributed by atoms with Gasteiger partial charge in [0, 0.05) is 11.1 Å². The van der Waals surface area contributed by atoms with E-state index < -0.39 is 5.97 Å². The Balaban J connectivity index is 2.31. The third-order valence-corrected chi connectivity index (χ3v) is 4.19. The van der Waals surface area contributed by atoms with Gasteiger partial charge in [-0.2, -0.15) is 0 Å². The third kappa shape index (κ3) is 3.72. The van der Waals surface area contributed by atoms with E-state index in [0.29, 0.717) is 28.7 Å². The molecule has 0 aliphatic heterocycles. The van der Waals surface area contributed by atoms with Gasteiger partial charge in [0.1, 0.15) is 5.56 Å². The van der Waals surface area contributed by atoms with Crippen LogP contribution in [0.1, 0.15) is 17.3 Å². The van der Waals surface area contributed by atoms with Crippen molar-refractivity contribution in [1.82, 2.24) is 9.97 Å². The Bertz CT molecular complexity index is 807. The molecule has 0 spiro atoms. The fraction of sp³-hybridized carbons (Fsp3) is 0.150. The molecule has 5 heteroatoms. The van der Waals surface area contributed by atoms with E-state index in [1.807, 2.05) is 66.9 Å². The number of ether oxygens (including phenoxy) is 1. The van der Waals surface area contributed by atoms with Gasteiger partial charge in [-0.25, -0.2) is 14.8 Å². The number of hydrogen-bond acceptors (Lipinski definition) is 5. The molecule has 0 fully saturated rings. The summed E-state index contributed by atoms with van der Waals surface area (Å²) in [4.78, 5) is 21.9. The summed E-state index contributed by atoms with van der Waals surface area (Å²) in [6.45, 7) is 2.09. The number of nitrogens with zero attached hydrogens (tertiary/aromatic N) is 2. The molecule has 0 amide bonds. The zero-order valence-electron chi connectivity index (χ0n) is 14.1. The van der Waals surface area contributed by atoms with Crippen molar-refractivity contribution in [3.05, 3.63) is 66.2 Å². The minimum atomic E-state index is -0.409. The van der Waals surface area contributed by atoms with Crippen LogP contribution < -0.4 is 0 Å². The summed E-state index contributed by atoms with van der Waals surface area (Å²) in [6, 6.07) is 19.3. The number of aromatic nitrogens is 2. The van der Waals surface area contributed by atoms with E-state index in [-0.39, 0.29) is 0 Å². The molecule has 126 valence electrons. The molecule has 0 atom stereocenters. The van der Waals surface area contributed by atoms with Crippen molar-refractivity contribution in [3.8, 4) is 22.5 Å². The molecule has 0 saturated heterocycles. The van der Waals surface area contributed by atoms with Crippen LogP contribution in [0.2, 0.25) is 0 Å². The Morgan fingerprint density at radius 3 is 1.80 bits per heavy atom. The standard InChI is InChI=1S/C20H18N2O2S/c1-3-24-19(23)16-17(14-10-6-4-7-11-14)21-20(25-2)22-18(16)15-12-8-5-9-13-15/h4-13H,3H2,1-2H3. The monoisotopic (exact) mass is 350 g/mol. The highest BCUT2D eigenvalue weighted by Gasteiger charge is 2.24. The lowest BCUT2D eigenvalue weighted by atomic mass is 10.0. The van der Waals surface area contributed by atoms with Crippen molar-refractivity contribution in [3.63, 3.8) is 0 Å². The third-order valence-electron chi connectivity index (χ3n) is 3.65. The summed E-state index contributed by atoms with van der Waals surface area (Å²) in [7, 11) is 0. The highest BCUT2D eigenvalue weighted by atomic mass is 32.2. The summed E-state index contributed by atoms with van der Waals surface area (Å²) in [5, 5.41) is 0.616. The summed E-state index contributed by atoms with van der Waals surface area (Å²) >= 11 is 1.45. The first-order chi connectivity index (χ1) is 12.2. The van der Waals surface area contributed by atoms with Crippen molar-refractivity contribution in [2.24, 2.45) is 0 Å². The Morgan fingerprint density at radius 1 is 0.920 bits per heavy atom. The van der Waals surface area contributed by atoms with Gasteiger partial charge in [-0.15, -0.1) is 0 Å². The lowest BCUT2D eigenvalue weighted by Gasteiger charge is -2.14. The van der Waals surface area contributed by atoms with Crippen LogP contribution in [0.4, 0.5) is 0 Å². The van der Waals surface area contributed by atoms with Gasteiger partial charge in [-0.1, -0.05) is 72.4 Å². The van der Waals surface area contributed by atoms with E-state index >= 15 is 0 Å². The molecule has 2 aromatic carbocycles. The Hall–Kier alpha value is -2.66. The molecule has 1 aromatic heterocycles. The predicted molar refractivity (Wildman–Crippen MR) is 101 cm³/mol. The molecule has 0 radical (unpaired) electrons. The van der Waals surface area contributed by atoms with Crippen LogP contribution in [-0.4, -0.2) is 28.8 Å². The topological polar surface area (TPSA) is 52.1 Å². The number of esters is 1. The van der Waals surface area contributed by atoms with E-state index in [9.17, 15) is 4.79 Å². The quantitative estimate of drug-likeness (QED) is 0.379. The van der Waals surface area contributed by atoms with Gasteiger partial charge in [0.15, 0.2) is 5.16 Å². The van der Waals surface area contributed by atoms with Crippen molar-refractivity contribution in [1.29, 1.82) is 0 Å². The van der Waals surface area contributed by atoms with E-state index in [1.54, 1.807) is 6.92 Å². The second-order valence-electron chi connectivity index (χ2n) is 5.24. The van der Waals surface area contributed by atoms with Crippen molar-refractivity contribution >= 4 is 17.7 Å². The van der Waals surface area contributed by atoms with Crippen LogP contribution in [-0.2, 0) is 4.74 Å². The maximum absolute atomic E-state index is 12.7. The molecule has 25 heavy (non-hydrogen) atoms. The normalized spacial score (nSPS) is 10.5. The smallest absolute Gasteiger partial charge is 0.342 e. The van der Waals surface area contributed by atoms with Crippen molar-refractivity contribution < 1.29 is 9.53 Å². The molecule has 0 saturated carbocycles.